The van der Waals surface area contributed by atoms with Gasteiger partial charge in [-0.1, -0.05) is 0 Å². The highest BCUT2D eigenvalue weighted by Crippen LogP contribution is 2.35. The van der Waals surface area contributed by atoms with E-state index in [-0.39, 0.29) is 5.78 Å². The number of rotatable bonds is 8. The largest absolute Gasteiger partial charge is 0.496 e. The number of carbonyl (C=O) groups is 1. The van der Waals surface area contributed by atoms with Gasteiger partial charge in [-0.2, -0.15) is 0 Å². The summed E-state index contributed by atoms with van der Waals surface area (Å²) < 4.78 is 20.8. The summed E-state index contributed by atoms with van der Waals surface area (Å²) in [5.41, 5.74) is 1.13. The van der Waals surface area contributed by atoms with Crippen molar-refractivity contribution in [2.75, 3.05) is 28.1 Å². The van der Waals surface area contributed by atoms with Crippen molar-refractivity contribution in [1.29, 1.82) is 0 Å². The van der Waals surface area contributed by atoms with Gasteiger partial charge >= 0.3 is 0 Å². The number of hydrogen-bond acceptors (Lipinski definition) is 6. The molecule has 6 heteroatoms. The maximum Gasteiger partial charge on any atom is 0.186 e. The minimum absolute atomic E-state index is 0.185. The molecule has 0 atom stereocenters. The molecule has 2 rings (SSSR count). The van der Waals surface area contributed by atoms with Crippen LogP contribution in [0.25, 0.3) is 6.08 Å². The third kappa shape index (κ3) is 4.51. The van der Waals surface area contributed by atoms with E-state index < -0.39 is 6.79 Å². The lowest BCUT2D eigenvalue weighted by atomic mass is 10.1. The van der Waals surface area contributed by atoms with Crippen LogP contribution in [0.1, 0.15) is 15.9 Å². The highest BCUT2D eigenvalue weighted by atomic mass is 16.6. The zero-order valence-corrected chi connectivity index (χ0v) is 14.3. The van der Waals surface area contributed by atoms with Crippen LogP contribution in [0.2, 0.25) is 0 Å². The van der Waals surface area contributed by atoms with E-state index in [1.807, 2.05) is 0 Å². The van der Waals surface area contributed by atoms with Crippen LogP contribution in [0.4, 0.5) is 0 Å². The fourth-order valence-corrected chi connectivity index (χ4v) is 2.24. The van der Waals surface area contributed by atoms with Gasteiger partial charge in [-0.05, 0) is 36.4 Å². The molecule has 0 fully saturated rings. The van der Waals surface area contributed by atoms with Crippen molar-refractivity contribution >= 4 is 11.9 Å². The van der Waals surface area contributed by atoms with Crippen molar-refractivity contribution in [3.8, 4) is 23.0 Å². The Hall–Kier alpha value is -2.99. The molecule has 2 aromatic rings. The Labute approximate surface area is 146 Å². The molecule has 0 radical (unpaired) electrons. The monoisotopic (exact) mass is 344 g/mol. The second kappa shape index (κ2) is 8.75. The number of aliphatic hydroxyl groups is 1. The van der Waals surface area contributed by atoms with Gasteiger partial charge < -0.3 is 24.1 Å². The first kappa shape index (κ1) is 18.4. The third-order valence-corrected chi connectivity index (χ3v) is 3.52. The van der Waals surface area contributed by atoms with Crippen LogP contribution >= 0.6 is 0 Å². The molecule has 0 spiro atoms. The summed E-state index contributed by atoms with van der Waals surface area (Å²) >= 11 is 0. The highest BCUT2D eigenvalue weighted by Gasteiger charge is 2.11. The first-order valence-electron chi connectivity index (χ1n) is 7.49. The number of benzene rings is 2. The van der Waals surface area contributed by atoms with Crippen molar-refractivity contribution < 1.29 is 28.8 Å². The SMILES string of the molecule is COc1cc(OC)c(/C=C/C(=O)c2ccc(OCO)cc2)c(OC)c1. The first-order valence-corrected chi connectivity index (χ1v) is 7.49. The van der Waals surface area contributed by atoms with Crippen molar-refractivity contribution in [3.63, 3.8) is 0 Å². The Balaban J connectivity index is 2.27. The maximum absolute atomic E-state index is 12.3. The maximum atomic E-state index is 12.3. The molecule has 1 N–H and O–H groups in total. The van der Waals surface area contributed by atoms with Crippen LogP contribution in [0.5, 0.6) is 23.0 Å². The molecule has 132 valence electrons. The molecule has 25 heavy (non-hydrogen) atoms. The molecule has 0 aliphatic heterocycles. The summed E-state index contributed by atoms with van der Waals surface area (Å²) in [4.78, 5) is 12.3. The molecule has 2 aromatic carbocycles. The second-order valence-electron chi connectivity index (χ2n) is 4.94. The number of ether oxygens (including phenoxy) is 4. The van der Waals surface area contributed by atoms with Crippen LogP contribution in [0.15, 0.2) is 42.5 Å². The Morgan fingerprint density at radius 1 is 0.960 bits per heavy atom. The van der Waals surface area contributed by atoms with Gasteiger partial charge in [0.1, 0.15) is 23.0 Å². The summed E-state index contributed by atoms with van der Waals surface area (Å²) in [6.07, 6.45) is 3.08. The topological polar surface area (TPSA) is 74.2 Å². The lowest BCUT2D eigenvalue weighted by molar-refractivity contribution is 0.0985. The summed E-state index contributed by atoms with van der Waals surface area (Å²) in [5, 5.41) is 8.71. The molecule has 0 amide bonds. The van der Waals surface area contributed by atoms with E-state index in [4.69, 9.17) is 24.1 Å². The molecule has 0 aromatic heterocycles. The summed E-state index contributed by atoms with van der Waals surface area (Å²) in [5.74, 6) is 1.97. The average molecular weight is 344 g/mol. The van der Waals surface area contributed by atoms with Gasteiger partial charge in [0, 0.05) is 17.7 Å². The van der Waals surface area contributed by atoms with Gasteiger partial charge in [0.05, 0.1) is 26.9 Å². The second-order valence-corrected chi connectivity index (χ2v) is 4.94. The predicted molar refractivity (Wildman–Crippen MR) is 93.6 cm³/mol. The molecule has 0 saturated carbocycles. The smallest absolute Gasteiger partial charge is 0.186 e. The average Bonchev–Trinajstić information content (AvgIpc) is 2.66. The summed E-state index contributed by atoms with van der Waals surface area (Å²) in [7, 11) is 4.62. The molecule has 6 nitrogen and oxygen atoms in total. The van der Waals surface area contributed by atoms with Gasteiger partial charge in [0.25, 0.3) is 0 Å². The number of methoxy groups -OCH3 is 3. The molecule has 0 heterocycles. The molecule has 0 bridgehead atoms. The first-order chi connectivity index (χ1) is 12.1. The van der Waals surface area contributed by atoms with Gasteiger partial charge in [0.2, 0.25) is 0 Å². The molecule has 0 unspecified atom stereocenters. The third-order valence-electron chi connectivity index (χ3n) is 3.52. The van der Waals surface area contributed by atoms with E-state index in [2.05, 4.69) is 0 Å². The molecule has 0 aliphatic carbocycles. The number of carbonyl (C=O) groups excluding carboxylic acids is 1. The zero-order chi connectivity index (χ0) is 18.2. The van der Waals surface area contributed by atoms with E-state index >= 15 is 0 Å². The molecular formula is C19H20O6. The van der Waals surface area contributed by atoms with Crippen LogP contribution in [0.3, 0.4) is 0 Å². The lowest BCUT2D eigenvalue weighted by Crippen LogP contribution is -1.98. The standard InChI is InChI=1S/C19H20O6/c1-22-15-10-18(23-2)16(19(11-15)24-3)8-9-17(21)13-4-6-14(7-5-13)25-12-20/h4-11,20H,12H2,1-3H3/b9-8+. The van der Waals surface area contributed by atoms with Crippen LogP contribution in [-0.2, 0) is 0 Å². The minimum Gasteiger partial charge on any atom is -0.496 e. The van der Waals surface area contributed by atoms with Gasteiger partial charge in [-0.15, -0.1) is 0 Å². The molecular weight excluding hydrogens is 324 g/mol. The van der Waals surface area contributed by atoms with Crippen molar-refractivity contribution in [3.05, 3.63) is 53.6 Å². The predicted octanol–water partition coefficient (Wildman–Crippen LogP) is 2.94. The van der Waals surface area contributed by atoms with Gasteiger partial charge in [-0.25, -0.2) is 0 Å². The number of hydrogen-bond donors (Lipinski definition) is 1. The fourth-order valence-electron chi connectivity index (χ4n) is 2.24. The minimum atomic E-state index is -0.412. The van der Waals surface area contributed by atoms with Gasteiger partial charge in [-0.3, -0.25) is 4.79 Å². The van der Waals surface area contributed by atoms with Gasteiger partial charge in [0.15, 0.2) is 12.6 Å². The summed E-state index contributed by atoms with van der Waals surface area (Å²) in [6.45, 7) is -0.412. The van der Waals surface area contributed by atoms with Crippen LogP contribution in [-0.4, -0.2) is 39.0 Å². The Morgan fingerprint density at radius 2 is 1.56 bits per heavy atom. The highest BCUT2D eigenvalue weighted by molar-refractivity contribution is 6.07. The van der Waals surface area contributed by atoms with E-state index in [1.165, 1.54) is 20.3 Å². The quantitative estimate of drug-likeness (QED) is 0.451. The van der Waals surface area contributed by atoms with E-state index in [0.717, 1.165) is 0 Å². The van der Waals surface area contributed by atoms with Crippen molar-refractivity contribution in [2.45, 2.75) is 0 Å². The van der Waals surface area contributed by atoms with E-state index in [1.54, 1.807) is 49.6 Å². The van der Waals surface area contributed by atoms with Crippen molar-refractivity contribution in [1.82, 2.24) is 0 Å². The molecule has 0 saturated heterocycles. The Morgan fingerprint density at radius 3 is 2.04 bits per heavy atom. The number of ketones is 1. The number of aliphatic hydroxyl groups excluding tert-OH is 1. The number of allylic oxidation sites excluding steroid dienone is 1. The summed E-state index contributed by atoms with van der Waals surface area (Å²) in [6, 6.07) is 9.92. The van der Waals surface area contributed by atoms with E-state index in [0.29, 0.717) is 34.1 Å². The van der Waals surface area contributed by atoms with Crippen LogP contribution in [0, 0.1) is 0 Å². The Bertz CT molecular complexity index is 724. The van der Waals surface area contributed by atoms with Crippen LogP contribution < -0.4 is 18.9 Å². The van der Waals surface area contributed by atoms with Crippen molar-refractivity contribution in [2.24, 2.45) is 0 Å². The molecule has 0 aliphatic rings. The Kier molecular flexibility index (Phi) is 6.42. The van der Waals surface area contributed by atoms with E-state index in [9.17, 15) is 4.79 Å². The zero-order valence-electron chi connectivity index (χ0n) is 14.3. The fraction of sp³-hybridized carbons (Fsp3) is 0.211. The normalized spacial score (nSPS) is 10.6. The lowest BCUT2D eigenvalue weighted by Gasteiger charge is -2.12.